The SMILES string of the molecule is NCC1CCC(CC2(N)NC(=NCc3ccc4c(c3)CCO4)NC=C2[N+](=O)[O-])CC1. The lowest BCUT2D eigenvalue weighted by Gasteiger charge is -2.37. The fourth-order valence-corrected chi connectivity index (χ4v) is 4.67. The Hall–Kier alpha value is -2.65. The highest BCUT2D eigenvalue weighted by molar-refractivity contribution is 5.83. The largest absolute Gasteiger partial charge is 0.493 e. The Morgan fingerprint density at radius 3 is 2.77 bits per heavy atom. The third kappa shape index (κ3) is 4.41. The highest BCUT2D eigenvalue weighted by Gasteiger charge is 2.44. The van der Waals surface area contributed by atoms with Gasteiger partial charge in [-0.05, 0) is 67.7 Å². The summed E-state index contributed by atoms with van der Waals surface area (Å²) in [6, 6.07) is 6.05. The molecule has 0 aromatic heterocycles. The molecule has 0 saturated heterocycles. The summed E-state index contributed by atoms with van der Waals surface area (Å²) < 4.78 is 5.54. The fourth-order valence-electron chi connectivity index (χ4n) is 4.67. The Morgan fingerprint density at radius 1 is 1.27 bits per heavy atom. The van der Waals surface area contributed by atoms with Crippen LogP contribution in [0.2, 0.25) is 0 Å². The molecule has 0 amide bonds. The summed E-state index contributed by atoms with van der Waals surface area (Å²) in [5.41, 5.74) is 13.3. The Bertz CT molecular complexity index is 862. The zero-order valence-corrected chi connectivity index (χ0v) is 17.1. The molecule has 0 spiro atoms. The van der Waals surface area contributed by atoms with Gasteiger partial charge in [-0.1, -0.05) is 12.1 Å². The van der Waals surface area contributed by atoms with Crippen LogP contribution in [0.25, 0.3) is 0 Å². The zero-order chi connectivity index (χ0) is 21.1. The summed E-state index contributed by atoms with van der Waals surface area (Å²) in [5.74, 6) is 2.26. The van der Waals surface area contributed by atoms with Crippen LogP contribution in [0.1, 0.15) is 43.2 Å². The van der Waals surface area contributed by atoms with Gasteiger partial charge < -0.3 is 21.1 Å². The number of nitrogens with two attached hydrogens (primary N) is 2. The molecule has 1 atom stereocenters. The molecule has 4 rings (SSSR count). The number of rotatable bonds is 6. The maximum atomic E-state index is 11.6. The second-order valence-electron chi connectivity index (χ2n) is 8.56. The Balaban J connectivity index is 1.46. The molecule has 30 heavy (non-hydrogen) atoms. The van der Waals surface area contributed by atoms with E-state index in [4.69, 9.17) is 16.2 Å². The van der Waals surface area contributed by atoms with E-state index in [0.29, 0.717) is 43.9 Å². The number of nitro groups is 1. The number of nitrogens with one attached hydrogen (secondary N) is 2. The van der Waals surface area contributed by atoms with Gasteiger partial charge >= 0.3 is 5.70 Å². The quantitative estimate of drug-likeness (QED) is 0.409. The summed E-state index contributed by atoms with van der Waals surface area (Å²) in [7, 11) is 0. The van der Waals surface area contributed by atoms with Crippen LogP contribution in [-0.2, 0) is 13.0 Å². The zero-order valence-electron chi connectivity index (χ0n) is 17.1. The van der Waals surface area contributed by atoms with Crippen molar-refractivity contribution in [3.63, 3.8) is 0 Å². The van der Waals surface area contributed by atoms with Gasteiger partial charge in [-0.2, -0.15) is 0 Å². The van der Waals surface area contributed by atoms with Crippen molar-refractivity contribution in [2.45, 2.75) is 50.7 Å². The van der Waals surface area contributed by atoms with Crippen molar-refractivity contribution in [2.75, 3.05) is 13.2 Å². The molecular weight excluding hydrogens is 384 g/mol. The van der Waals surface area contributed by atoms with Crippen LogP contribution in [0, 0.1) is 22.0 Å². The van der Waals surface area contributed by atoms with Gasteiger partial charge in [0.15, 0.2) is 11.6 Å². The number of hydrogen-bond donors (Lipinski definition) is 4. The van der Waals surface area contributed by atoms with E-state index >= 15 is 0 Å². The van der Waals surface area contributed by atoms with Crippen LogP contribution in [-0.4, -0.2) is 29.7 Å². The van der Waals surface area contributed by atoms with Crippen LogP contribution in [0.3, 0.4) is 0 Å². The van der Waals surface area contributed by atoms with Crippen molar-refractivity contribution in [1.29, 1.82) is 0 Å². The number of ether oxygens (including phenoxy) is 1. The summed E-state index contributed by atoms with van der Waals surface area (Å²) in [6.45, 7) is 1.87. The number of guanidine groups is 1. The molecular formula is C21H30N6O3. The van der Waals surface area contributed by atoms with Crippen LogP contribution >= 0.6 is 0 Å². The monoisotopic (exact) mass is 414 g/mol. The second-order valence-corrected chi connectivity index (χ2v) is 8.56. The van der Waals surface area contributed by atoms with E-state index in [2.05, 4.69) is 21.7 Å². The molecule has 9 nitrogen and oxygen atoms in total. The maximum Gasteiger partial charge on any atom is 0.301 e. The lowest BCUT2D eigenvalue weighted by atomic mass is 9.77. The molecule has 9 heteroatoms. The number of nitrogens with zero attached hydrogens (tertiary/aromatic N) is 2. The van der Waals surface area contributed by atoms with Crippen molar-refractivity contribution >= 4 is 5.96 Å². The van der Waals surface area contributed by atoms with Gasteiger partial charge in [0.2, 0.25) is 0 Å². The molecule has 162 valence electrons. The molecule has 1 aliphatic carbocycles. The van der Waals surface area contributed by atoms with Gasteiger partial charge in [-0.25, -0.2) is 4.99 Å². The van der Waals surface area contributed by atoms with E-state index in [9.17, 15) is 10.1 Å². The smallest absolute Gasteiger partial charge is 0.301 e. The first-order chi connectivity index (χ1) is 14.5. The van der Waals surface area contributed by atoms with E-state index in [-0.39, 0.29) is 5.70 Å². The molecule has 1 aromatic carbocycles. The minimum atomic E-state index is -1.25. The van der Waals surface area contributed by atoms with Gasteiger partial charge in [0, 0.05) is 6.42 Å². The topological polar surface area (TPSA) is 141 Å². The van der Waals surface area contributed by atoms with E-state index in [0.717, 1.165) is 43.4 Å². The van der Waals surface area contributed by atoms with Crippen molar-refractivity contribution in [1.82, 2.24) is 10.6 Å². The average Bonchev–Trinajstić information content (AvgIpc) is 3.20. The minimum Gasteiger partial charge on any atom is -0.493 e. The lowest BCUT2D eigenvalue weighted by molar-refractivity contribution is -0.437. The predicted octanol–water partition coefficient (Wildman–Crippen LogP) is 1.60. The Morgan fingerprint density at radius 2 is 2.03 bits per heavy atom. The summed E-state index contributed by atoms with van der Waals surface area (Å²) in [5, 5.41) is 17.6. The summed E-state index contributed by atoms with van der Waals surface area (Å²) in [4.78, 5) is 15.8. The summed E-state index contributed by atoms with van der Waals surface area (Å²) in [6.07, 6.45) is 6.86. The highest BCUT2D eigenvalue weighted by Crippen LogP contribution is 2.34. The molecule has 2 aliphatic heterocycles. The molecule has 2 heterocycles. The van der Waals surface area contributed by atoms with E-state index in [1.54, 1.807) is 0 Å². The first-order valence-electron chi connectivity index (χ1n) is 10.6. The Labute approximate surface area is 176 Å². The van der Waals surface area contributed by atoms with Crippen LogP contribution in [0.15, 0.2) is 35.1 Å². The number of hydrogen-bond acceptors (Lipinski definition) is 6. The van der Waals surface area contributed by atoms with Crippen molar-refractivity contribution in [3.8, 4) is 5.75 Å². The molecule has 3 aliphatic rings. The van der Waals surface area contributed by atoms with Gasteiger partial charge in [-0.3, -0.25) is 15.8 Å². The highest BCUT2D eigenvalue weighted by atomic mass is 16.6. The third-order valence-corrected chi connectivity index (χ3v) is 6.42. The molecule has 1 unspecified atom stereocenters. The third-order valence-electron chi connectivity index (χ3n) is 6.42. The van der Waals surface area contributed by atoms with Crippen molar-refractivity contribution in [3.05, 3.63) is 51.3 Å². The second kappa shape index (κ2) is 8.61. The van der Waals surface area contributed by atoms with Crippen molar-refractivity contribution < 1.29 is 9.66 Å². The van der Waals surface area contributed by atoms with Gasteiger partial charge in [0.05, 0.1) is 24.3 Å². The minimum absolute atomic E-state index is 0.0583. The lowest BCUT2D eigenvalue weighted by Crippen LogP contribution is -2.64. The van der Waals surface area contributed by atoms with Gasteiger partial charge in [0.25, 0.3) is 0 Å². The first-order valence-corrected chi connectivity index (χ1v) is 10.6. The molecule has 1 fully saturated rings. The Kier molecular flexibility index (Phi) is 5.92. The van der Waals surface area contributed by atoms with E-state index in [1.807, 2.05) is 12.1 Å². The predicted molar refractivity (Wildman–Crippen MR) is 114 cm³/mol. The fraction of sp³-hybridized carbons (Fsp3) is 0.571. The van der Waals surface area contributed by atoms with Crippen molar-refractivity contribution in [2.24, 2.45) is 28.3 Å². The molecule has 0 bridgehead atoms. The standard InChI is InChI=1S/C21H30N6O3/c22-11-15-3-1-14(2-4-15)10-21(23)19(27(28)29)13-25-20(26-21)24-12-16-5-6-18-17(9-16)7-8-30-18/h5-6,9,13-15H,1-4,7-8,10-12,22-23H2,(H2,24,25,26). The molecule has 1 saturated carbocycles. The number of benzene rings is 1. The van der Waals surface area contributed by atoms with Crippen LogP contribution < -0.4 is 26.8 Å². The summed E-state index contributed by atoms with van der Waals surface area (Å²) >= 11 is 0. The number of fused-ring (bicyclic) bond motifs is 1. The van der Waals surface area contributed by atoms with E-state index < -0.39 is 10.6 Å². The normalized spacial score (nSPS) is 29.4. The van der Waals surface area contributed by atoms with E-state index in [1.165, 1.54) is 11.8 Å². The van der Waals surface area contributed by atoms with Crippen LogP contribution in [0.5, 0.6) is 5.75 Å². The molecule has 6 N–H and O–H groups in total. The van der Waals surface area contributed by atoms with Gasteiger partial charge in [-0.15, -0.1) is 0 Å². The van der Waals surface area contributed by atoms with Crippen LogP contribution in [0.4, 0.5) is 0 Å². The average molecular weight is 415 g/mol. The molecule has 0 radical (unpaired) electrons. The molecule has 1 aromatic rings. The first kappa shape index (κ1) is 20.6. The maximum absolute atomic E-state index is 11.6. The van der Waals surface area contributed by atoms with Gasteiger partial charge in [0.1, 0.15) is 5.75 Å². The number of aliphatic imine (C=N–C) groups is 1.